The van der Waals surface area contributed by atoms with Gasteiger partial charge in [0.2, 0.25) is 0 Å². The summed E-state index contributed by atoms with van der Waals surface area (Å²) in [6, 6.07) is 0. The van der Waals surface area contributed by atoms with Gasteiger partial charge in [0, 0.05) is 19.3 Å². The van der Waals surface area contributed by atoms with Gasteiger partial charge in [-0.25, -0.2) is 0 Å². The van der Waals surface area contributed by atoms with Crippen molar-refractivity contribution in [3.8, 4) is 0 Å². The fraction of sp³-hybridized carbons (Fsp3) is 0.696. The molecular weight excluding hydrogens is 925 g/mol. The van der Waals surface area contributed by atoms with Crippen molar-refractivity contribution >= 4 is 17.9 Å². The first-order valence-electron chi connectivity index (χ1n) is 31.4. The molecule has 1 unspecified atom stereocenters. The molecule has 0 saturated heterocycles. The number of hydrogen-bond donors (Lipinski definition) is 0. The predicted molar refractivity (Wildman–Crippen MR) is 325 cm³/mol. The van der Waals surface area contributed by atoms with Gasteiger partial charge in [0.25, 0.3) is 0 Å². The van der Waals surface area contributed by atoms with Crippen molar-refractivity contribution in [2.24, 2.45) is 0 Å². The lowest BCUT2D eigenvalue weighted by atomic mass is 10.1. The van der Waals surface area contributed by atoms with Gasteiger partial charge in [-0.15, -0.1) is 0 Å². The lowest BCUT2D eigenvalue weighted by molar-refractivity contribution is -0.167. The highest BCUT2D eigenvalue weighted by Crippen LogP contribution is 2.15. The van der Waals surface area contributed by atoms with E-state index in [1.165, 1.54) is 116 Å². The molecule has 0 aromatic carbocycles. The minimum atomic E-state index is -0.795. The van der Waals surface area contributed by atoms with Gasteiger partial charge in [-0.2, -0.15) is 0 Å². The third-order valence-electron chi connectivity index (χ3n) is 13.2. The lowest BCUT2D eigenvalue weighted by Crippen LogP contribution is -2.30. The van der Waals surface area contributed by atoms with Crippen LogP contribution in [0, 0.1) is 0 Å². The molecule has 0 amide bonds. The van der Waals surface area contributed by atoms with Gasteiger partial charge < -0.3 is 14.2 Å². The average molecular weight is 1040 g/mol. The number of rotatable bonds is 56. The maximum absolute atomic E-state index is 12.9. The molecule has 0 radical (unpaired) electrons. The van der Waals surface area contributed by atoms with E-state index in [0.29, 0.717) is 19.3 Å². The van der Waals surface area contributed by atoms with Crippen molar-refractivity contribution in [1.29, 1.82) is 0 Å². The fourth-order valence-corrected chi connectivity index (χ4v) is 8.52. The summed E-state index contributed by atoms with van der Waals surface area (Å²) in [6.07, 6.45) is 85.1. The van der Waals surface area contributed by atoms with Crippen LogP contribution in [0.15, 0.2) is 109 Å². The van der Waals surface area contributed by atoms with Gasteiger partial charge in [-0.3, -0.25) is 14.4 Å². The maximum Gasteiger partial charge on any atom is 0.306 e. The molecule has 0 N–H and O–H groups in total. The van der Waals surface area contributed by atoms with Gasteiger partial charge in [0.1, 0.15) is 13.2 Å². The Morgan fingerprint density at radius 3 is 0.867 bits per heavy atom. The standard InChI is InChI=1S/C69H116O6/c1-4-7-10-13-16-19-22-25-28-30-32-33-34-35-36-37-38-40-41-44-47-50-53-56-59-62-68(71)74-65-66(64-73-67(70)61-58-55-52-49-46-43-27-24-21-18-15-12-9-6-3)75-69(72)63-60-57-54-51-48-45-42-39-31-29-26-23-20-17-14-11-8-5-2/h7,10,15-16,18-19,24-25,27-29,31-33,35-36,38,40,66H,4-6,8-9,11-14,17,20-23,26,30,34,37,39,41-65H2,1-3H3/b10-7-,18-15-,19-16-,27-24-,28-25-,31-29-,33-32-,36-35-,40-38-. The summed E-state index contributed by atoms with van der Waals surface area (Å²) in [4.78, 5) is 38.3. The van der Waals surface area contributed by atoms with E-state index in [-0.39, 0.29) is 31.1 Å². The van der Waals surface area contributed by atoms with Crippen LogP contribution in [0.1, 0.15) is 290 Å². The van der Waals surface area contributed by atoms with Crippen LogP contribution in [0.2, 0.25) is 0 Å². The van der Waals surface area contributed by atoms with E-state index in [2.05, 4.69) is 130 Å². The highest BCUT2D eigenvalue weighted by atomic mass is 16.6. The largest absolute Gasteiger partial charge is 0.462 e. The molecule has 0 aliphatic rings. The zero-order valence-electron chi connectivity index (χ0n) is 49.0. The van der Waals surface area contributed by atoms with Crippen molar-refractivity contribution in [3.63, 3.8) is 0 Å². The predicted octanol–water partition coefficient (Wildman–Crippen LogP) is 21.4. The van der Waals surface area contributed by atoms with Crippen molar-refractivity contribution in [2.45, 2.75) is 297 Å². The van der Waals surface area contributed by atoms with E-state index in [1.807, 2.05) is 0 Å². The average Bonchev–Trinajstić information content (AvgIpc) is 3.41. The molecule has 0 rings (SSSR count). The van der Waals surface area contributed by atoms with Crippen molar-refractivity contribution in [2.75, 3.05) is 13.2 Å². The van der Waals surface area contributed by atoms with Crippen molar-refractivity contribution < 1.29 is 28.6 Å². The van der Waals surface area contributed by atoms with E-state index >= 15 is 0 Å². The number of esters is 3. The third-order valence-corrected chi connectivity index (χ3v) is 13.2. The number of carbonyl (C=O) groups excluding carboxylic acids is 3. The van der Waals surface area contributed by atoms with Gasteiger partial charge in [0.05, 0.1) is 0 Å². The molecular formula is C69H116O6. The molecule has 0 aliphatic heterocycles. The highest BCUT2D eigenvalue weighted by Gasteiger charge is 2.19. The molecule has 0 spiro atoms. The van der Waals surface area contributed by atoms with Crippen LogP contribution < -0.4 is 0 Å². The quantitative estimate of drug-likeness (QED) is 0.0261. The molecule has 75 heavy (non-hydrogen) atoms. The number of carbonyl (C=O) groups is 3. The van der Waals surface area contributed by atoms with E-state index in [0.717, 1.165) is 135 Å². The molecule has 0 aliphatic carbocycles. The Morgan fingerprint density at radius 1 is 0.280 bits per heavy atom. The van der Waals surface area contributed by atoms with Gasteiger partial charge in [0.15, 0.2) is 6.10 Å². The van der Waals surface area contributed by atoms with E-state index in [4.69, 9.17) is 14.2 Å². The van der Waals surface area contributed by atoms with Crippen LogP contribution in [0.3, 0.4) is 0 Å². The van der Waals surface area contributed by atoms with Crippen LogP contribution in [-0.2, 0) is 28.6 Å². The summed E-state index contributed by atoms with van der Waals surface area (Å²) in [7, 11) is 0. The van der Waals surface area contributed by atoms with Crippen molar-refractivity contribution in [1.82, 2.24) is 0 Å². The molecule has 6 nitrogen and oxygen atoms in total. The molecule has 1 atom stereocenters. The highest BCUT2D eigenvalue weighted by molar-refractivity contribution is 5.71. The Labute approximate surface area is 463 Å². The first-order valence-corrected chi connectivity index (χ1v) is 31.4. The molecule has 0 aromatic heterocycles. The van der Waals surface area contributed by atoms with Crippen LogP contribution in [0.25, 0.3) is 0 Å². The topological polar surface area (TPSA) is 78.9 Å². The molecule has 0 bridgehead atoms. The number of unbranched alkanes of at least 4 members (excludes halogenated alkanes) is 27. The second-order valence-electron chi connectivity index (χ2n) is 20.6. The Kier molecular flexibility index (Phi) is 59.3. The minimum Gasteiger partial charge on any atom is -0.462 e. The molecule has 0 saturated carbocycles. The summed E-state index contributed by atoms with van der Waals surface area (Å²) in [6.45, 7) is 6.47. The summed E-state index contributed by atoms with van der Waals surface area (Å²) >= 11 is 0. The summed E-state index contributed by atoms with van der Waals surface area (Å²) in [5, 5.41) is 0. The molecule has 0 fully saturated rings. The number of ether oxygens (including phenoxy) is 3. The zero-order chi connectivity index (χ0) is 54.3. The van der Waals surface area contributed by atoms with Crippen molar-refractivity contribution in [3.05, 3.63) is 109 Å². The fourth-order valence-electron chi connectivity index (χ4n) is 8.52. The Hall–Kier alpha value is -3.93. The first-order chi connectivity index (χ1) is 37.0. The zero-order valence-corrected chi connectivity index (χ0v) is 49.0. The molecule has 428 valence electrons. The Bertz CT molecular complexity index is 1520. The minimum absolute atomic E-state index is 0.0924. The molecule has 0 heterocycles. The smallest absolute Gasteiger partial charge is 0.306 e. The van der Waals surface area contributed by atoms with Gasteiger partial charge in [-0.1, -0.05) is 259 Å². The van der Waals surface area contributed by atoms with E-state index in [9.17, 15) is 14.4 Å². The van der Waals surface area contributed by atoms with E-state index in [1.54, 1.807) is 0 Å². The molecule has 6 heteroatoms. The van der Waals surface area contributed by atoms with Crippen LogP contribution >= 0.6 is 0 Å². The van der Waals surface area contributed by atoms with Crippen LogP contribution in [0.4, 0.5) is 0 Å². The second kappa shape index (κ2) is 62.6. The second-order valence-corrected chi connectivity index (χ2v) is 20.6. The Balaban J connectivity index is 4.40. The summed E-state index contributed by atoms with van der Waals surface area (Å²) in [5.41, 5.74) is 0. The van der Waals surface area contributed by atoms with Crippen LogP contribution in [-0.4, -0.2) is 37.2 Å². The van der Waals surface area contributed by atoms with Crippen LogP contribution in [0.5, 0.6) is 0 Å². The van der Waals surface area contributed by atoms with Gasteiger partial charge >= 0.3 is 17.9 Å². The Morgan fingerprint density at radius 2 is 0.533 bits per heavy atom. The summed E-state index contributed by atoms with van der Waals surface area (Å²) in [5.74, 6) is -0.919. The number of allylic oxidation sites excluding steroid dienone is 18. The van der Waals surface area contributed by atoms with Gasteiger partial charge in [-0.05, 0) is 122 Å². The first kappa shape index (κ1) is 71.1. The van der Waals surface area contributed by atoms with E-state index < -0.39 is 6.10 Å². The SMILES string of the molecule is CC/C=C\C/C=C\C/C=C\C/C=C\C/C=C\C/C=C\CCCCCCCCC(=O)OCC(COC(=O)CCCCCCC/C=C\C/C=C\CCCC)OC(=O)CCCCCCCCC/C=C\CCCCCCCCC. The molecule has 0 aromatic rings. The third kappa shape index (κ3) is 60.8. The normalized spacial score (nSPS) is 12.8. The summed E-state index contributed by atoms with van der Waals surface area (Å²) < 4.78 is 16.9. The maximum atomic E-state index is 12.9. The lowest BCUT2D eigenvalue weighted by Gasteiger charge is -2.18. The number of hydrogen-bond acceptors (Lipinski definition) is 6. The monoisotopic (exact) mass is 1040 g/mol.